The summed E-state index contributed by atoms with van der Waals surface area (Å²) in [5.41, 5.74) is -0.493. The van der Waals surface area contributed by atoms with E-state index in [2.05, 4.69) is 10.6 Å². The lowest BCUT2D eigenvalue weighted by atomic mass is 9.86. The number of carboxylic acid groups (broad SMARTS) is 1. The Kier molecular flexibility index (Phi) is 6.16. The van der Waals surface area contributed by atoms with Crippen LogP contribution in [0.25, 0.3) is 0 Å². The van der Waals surface area contributed by atoms with E-state index in [1.54, 1.807) is 20.8 Å². The molecule has 0 aliphatic rings. The van der Waals surface area contributed by atoms with Crippen molar-refractivity contribution in [2.45, 2.75) is 53.1 Å². The number of hydrogen-bond acceptors (Lipinski definition) is 3. The predicted octanol–water partition coefficient (Wildman–Crippen LogP) is 0.990. The van der Waals surface area contributed by atoms with Crippen LogP contribution >= 0.6 is 0 Å². The summed E-state index contributed by atoms with van der Waals surface area (Å²) in [4.78, 5) is 22.6. The molecule has 1 atom stereocenters. The molecule has 0 saturated heterocycles. The molecule has 0 radical (unpaired) electrons. The molecule has 0 spiro atoms. The Morgan fingerprint density at radius 2 is 1.76 bits per heavy atom. The largest absolute Gasteiger partial charge is 0.480 e. The maximum atomic E-state index is 11.6. The summed E-state index contributed by atoms with van der Waals surface area (Å²) < 4.78 is 0. The molecular formula is C12H24N2O3. The smallest absolute Gasteiger partial charge is 0.326 e. The van der Waals surface area contributed by atoms with E-state index in [0.717, 1.165) is 0 Å². The van der Waals surface area contributed by atoms with Gasteiger partial charge in [-0.2, -0.15) is 0 Å². The van der Waals surface area contributed by atoms with Gasteiger partial charge in [0, 0.05) is 19.0 Å². The van der Waals surface area contributed by atoms with Crippen LogP contribution in [0.3, 0.4) is 0 Å². The van der Waals surface area contributed by atoms with Crippen molar-refractivity contribution in [2.75, 3.05) is 6.54 Å². The van der Waals surface area contributed by atoms with Crippen molar-refractivity contribution < 1.29 is 14.7 Å². The lowest BCUT2D eigenvalue weighted by Crippen LogP contribution is -2.49. The molecule has 0 aliphatic heterocycles. The molecule has 5 heteroatoms. The second-order valence-corrected chi connectivity index (χ2v) is 5.56. The van der Waals surface area contributed by atoms with E-state index < -0.39 is 17.4 Å². The molecule has 0 aromatic rings. The van der Waals surface area contributed by atoms with Crippen LogP contribution in [0, 0.1) is 5.41 Å². The van der Waals surface area contributed by atoms with Gasteiger partial charge in [0.15, 0.2) is 0 Å². The Morgan fingerprint density at radius 1 is 1.24 bits per heavy atom. The van der Waals surface area contributed by atoms with Crippen LogP contribution in [0.4, 0.5) is 0 Å². The first-order chi connectivity index (χ1) is 7.64. The molecule has 1 amide bonds. The lowest BCUT2D eigenvalue weighted by Gasteiger charge is -2.27. The summed E-state index contributed by atoms with van der Waals surface area (Å²) >= 11 is 0. The van der Waals surface area contributed by atoms with E-state index in [9.17, 15) is 9.59 Å². The highest BCUT2D eigenvalue weighted by Gasteiger charge is 2.32. The van der Waals surface area contributed by atoms with Crippen molar-refractivity contribution in [3.05, 3.63) is 0 Å². The Labute approximate surface area is 103 Å². The minimum absolute atomic E-state index is 0.236. The summed E-state index contributed by atoms with van der Waals surface area (Å²) in [5, 5.41) is 14.7. The Hall–Kier alpha value is -1.10. The third-order valence-electron chi connectivity index (χ3n) is 2.32. The molecule has 0 bridgehead atoms. The zero-order valence-electron chi connectivity index (χ0n) is 11.3. The number of carbonyl (C=O) groups is 2. The van der Waals surface area contributed by atoms with Crippen molar-refractivity contribution in [1.29, 1.82) is 0 Å². The molecule has 5 nitrogen and oxygen atoms in total. The van der Waals surface area contributed by atoms with E-state index in [1.165, 1.54) is 0 Å². The van der Waals surface area contributed by atoms with Crippen molar-refractivity contribution >= 4 is 11.9 Å². The van der Waals surface area contributed by atoms with Crippen molar-refractivity contribution in [3.63, 3.8) is 0 Å². The Balaban J connectivity index is 4.20. The molecule has 0 aromatic heterocycles. The van der Waals surface area contributed by atoms with Gasteiger partial charge in [0.05, 0.1) is 0 Å². The van der Waals surface area contributed by atoms with Crippen molar-refractivity contribution in [1.82, 2.24) is 10.6 Å². The highest BCUT2D eigenvalue weighted by molar-refractivity contribution is 5.84. The average molecular weight is 244 g/mol. The zero-order valence-corrected chi connectivity index (χ0v) is 11.3. The number of hydrogen-bond donors (Lipinski definition) is 3. The van der Waals surface area contributed by atoms with Gasteiger partial charge >= 0.3 is 5.97 Å². The molecule has 17 heavy (non-hydrogen) atoms. The van der Waals surface area contributed by atoms with Crippen LogP contribution in [0.1, 0.15) is 41.0 Å². The third-order valence-corrected chi connectivity index (χ3v) is 2.32. The fourth-order valence-electron chi connectivity index (χ4n) is 1.36. The fourth-order valence-corrected chi connectivity index (χ4v) is 1.36. The van der Waals surface area contributed by atoms with Gasteiger partial charge in [0.1, 0.15) is 6.04 Å². The van der Waals surface area contributed by atoms with Gasteiger partial charge in [0.2, 0.25) is 5.91 Å². The Bertz CT molecular complexity index is 269. The van der Waals surface area contributed by atoms with Gasteiger partial charge in [0.25, 0.3) is 0 Å². The number of carboxylic acids is 1. The van der Waals surface area contributed by atoms with Gasteiger partial charge in [-0.25, -0.2) is 4.79 Å². The van der Waals surface area contributed by atoms with Gasteiger partial charge < -0.3 is 15.7 Å². The van der Waals surface area contributed by atoms with Crippen LogP contribution in [0.15, 0.2) is 0 Å². The molecule has 0 heterocycles. The van der Waals surface area contributed by atoms with Crippen LogP contribution in [-0.2, 0) is 9.59 Å². The van der Waals surface area contributed by atoms with Gasteiger partial charge in [-0.15, -0.1) is 0 Å². The van der Waals surface area contributed by atoms with Crippen LogP contribution in [0.2, 0.25) is 0 Å². The quantitative estimate of drug-likeness (QED) is 0.651. The normalized spacial score (nSPS) is 13.5. The maximum Gasteiger partial charge on any atom is 0.326 e. The van der Waals surface area contributed by atoms with Gasteiger partial charge in [-0.05, 0) is 5.41 Å². The first kappa shape index (κ1) is 15.9. The van der Waals surface area contributed by atoms with E-state index in [1.807, 2.05) is 13.8 Å². The number of amides is 1. The summed E-state index contributed by atoms with van der Waals surface area (Å²) in [6.07, 6.45) is 0.290. The monoisotopic (exact) mass is 244 g/mol. The second-order valence-electron chi connectivity index (χ2n) is 5.56. The standard InChI is InChI=1S/C12H24N2O3/c1-8(2)13-7-6-9(15)14-10(11(16)17)12(3,4)5/h8,10,13H,6-7H2,1-5H3,(H,14,15)(H,16,17)/t10-/m0/s1. The Morgan fingerprint density at radius 3 is 2.12 bits per heavy atom. The maximum absolute atomic E-state index is 11.6. The van der Waals surface area contributed by atoms with Crippen molar-refractivity contribution in [2.24, 2.45) is 5.41 Å². The number of nitrogens with one attached hydrogen (secondary N) is 2. The highest BCUT2D eigenvalue weighted by Crippen LogP contribution is 2.19. The topological polar surface area (TPSA) is 78.4 Å². The fraction of sp³-hybridized carbons (Fsp3) is 0.833. The van der Waals surface area contributed by atoms with E-state index >= 15 is 0 Å². The number of carbonyl (C=O) groups excluding carboxylic acids is 1. The van der Waals surface area contributed by atoms with E-state index in [4.69, 9.17) is 5.11 Å². The third kappa shape index (κ3) is 6.94. The molecule has 0 fully saturated rings. The second kappa shape index (κ2) is 6.59. The zero-order chi connectivity index (χ0) is 13.6. The minimum Gasteiger partial charge on any atom is -0.480 e. The number of rotatable bonds is 6. The van der Waals surface area contributed by atoms with Crippen molar-refractivity contribution in [3.8, 4) is 0 Å². The molecular weight excluding hydrogens is 220 g/mol. The summed E-state index contributed by atoms with van der Waals surface area (Å²) in [7, 11) is 0. The lowest BCUT2D eigenvalue weighted by molar-refractivity contribution is -0.144. The van der Waals surface area contributed by atoms with Crippen LogP contribution in [0.5, 0.6) is 0 Å². The average Bonchev–Trinajstić information content (AvgIpc) is 2.11. The molecule has 0 unspecified atom stereocenters. The van der Waals surface area contributed by atoms with Gasteiger partial charge in [-0.3, -0.25) is 4.79 Å². The molecule has 0 aliphatic carbocycles. The molecule has 0 saturated carbocycles. The predicted molar refractivity (Wildman–Crippen MR) is 66.8 cm³/mol. The minimum atomic E-state index is -0.998. The first-order valence-corrected chi connectivity index (χ1v) is 5.90. The van der Waals surface area contributed by atoms with E-state index in [-0.39, 0.29) is 12.3 Å². The molecule has 0 aromatic carbocycles. The number of aliphatic carboxylic acids is 1. The summed E-state index contributed by atoms with van der Waals surface area (Å²) in [6, 6.07) is -0.533. The van der Waals surface area contributed by atoms with E-state index in [0.29, 0.717) is 12.6 Å². The van der Waals surface area contributed by atoms with Crippen LogP contribution < -0.4 is 10.6 Å². The molecule has 3 N–H and O–H groups in total. The SMILES string of the molecule is CC(C)NCCC(=O)N[C@@H](C(=O)O)C(C)(C)C. The molecule has 0 rings (SSSR count). The first-order valence-electron chi connectivity index (χ1n) is 5.90. The van der Waals surface area contributed by atoms with Gasteiger partial charge in [-0.1, -0.05) is 34.6 Å². The molecule has 100 valence electrons. The summed E-state index contributed by atoms with van der Waals surface area (Å²) in [6.45, 7) is 9.91. The summed E-state index contributed by atoms with van der Waals surface area (Å²) in [5.74, 6) is -1.23. The van der Waals surface area contributed by atoms with Crippen LogP contribution in [-0.4, -0.2) is 35.6 Å². The highest BCUT2D eigenvalue weighted by atomic mass is 16.4.